The van der Waals surface area contributed by atoms with Gasteiger partial charge in [0.25, 0.3) is 0 Å². The van der Waals surface area contributed by atoms with E-state index in [2.05, 4.69) is 0 Å². The number of hydrogen-bond acceptors (Lipinski definition) is 4. The van der Waals surface area contributed by atoms with E-state index in [9.17, 15) is 9.36 Å². The molecule has 0 amide bonds. The summed E-state index contributed by atoms with van der Waals surface area (Å²) in [5.74, 6) is -0.711. The van der Waals surface area contributed by atoms with Crippen LogP contribution in [0.5, 0.6) is 0 Å². The van der Waals surface area contributed by atoms with Gasteiger partial charge in [-0.25, -0.2) is 4.57 Å². The van der Waals surface area contributed by atoms with Crippen molar-refractivity contribution in [2.45, 2.75) is 59.3 Å². The summed E-state index contributed by atoms with van der Waals surface area (Å²) in [5, 5.41) is 7.91. The van der Waals surface area contributed by atoms with Gasteiger partial charge in [0.05, 0.1) is 13.2 Å². The number of unbranched alkanes of at least 4 members (excludes halogenated alkanes) is 2. The zero-order valence-corrected chi connectivity index (χ0v) is 13.0. The summed E-state index contributed by atoms with van der Waals surface area (Å²) in [6, 6.07) is 0. The molecule has 0 rings (SSSR count). The SMILES string of the molecule is CCCC(=O)O.CCCCOP(=O)(O)OCCCC. The maximum absolute atomic E-state index is 11.1. The molecule has 0 radical (unpaired) electrons. The van der Waals surface area contributed by atoms with Crippen molar-refractivity contribution in [2.75, 3.05) is 13.2 Å². The maximum atomic E-state index is 11.1. The second-order valence-corrected chi connectivity index (χ2v) is 5.44. The van der Waals surface area contributed by atoms with Crippen LogP contribution < -0.4 is 0 Å². The second-order valence-electron chi connectivity index (χ2n) is 3.99. The largest absolute Gasteiger partial charge is 0.481 e. The molecule has 0 fully saturated rings. The van der Waals surface area contributed by atoms with Gasteiger partial charge >= 0.3 is 13.8 Å². The Bertz CT molecular complexity index is 243. The molecule has 0 aliphatic carbocycles. The van der Waals surface area contributed by atoms with E-state index in [1.54, 1.807) is 0 Å². The average molecular weight is 298 g/mol. The van der Waals surface area contributed by atoms with Crippen molar-refractivity contribution >= 4 is 13.8 Å². The van der Waals surface area contributed by atoms with Gasteiger partial charge in [0.1, 0.15) is 0 Å². The highest BCUT2D eigenvalue weighted by atomic mass is 31.2. The zero-order valence-electron chi connectivity index (χ0n) is 12.1. The third-order valence-corrected chi connectivity index (χ3v) is 2.99. The minimum Gasteiger partial charge on any atom is -0.481 e. The molecule has 0 heterocycles. The predicted molar refractivity (Wildman–Crippen MR) is 74.1 cm³/mol. The van der Waals surface area contributed by atoms with Crippen LogP contribution in [-0.4, -0.2) is 29.2 Å². The molecule has 0 aromatic heterocycles. The summed E-state index contributed by atoms with van der Waals surface area (Å²) in [7, 11) is -3.75. The highest BCUT2D eigenvalue weighted by molar-refractivity contribution is 7.47. The van der Waals surface area contributed by atoms with Crippen LogP contribution in [0.2, 0.25) is 0 Å². The Kier molecular flexibility index (Phi) is 15.4. The highest BCUT2D eigenvalue weighted by Gasteiger charge is 2.19. The van der Waals surface area contributed by atoms with Gasteiger partial charge in [-0.3, -0.25) is 13.8 Å². The van der Waals surface area contributed by atoms with Crippen LogP contribution in [0.1, 0.15) is 59.3 Å². The fourth-order valence-electron chi connectivity index (χ4n) is 0.900. The molecule has 0 bridgehead atoms. The summed E-state index contributed by atoms with van der Waals surface area (Å²) in [4.78, 5) is 18.7. The van der Waals surface area contributed by atoms with E-state index in [1.807, 2.05) is 20.8 Å². The van der Waals surface area contributed by atoms with Gasteiger partial charge in [0.15, 0.2) is 0 Å². The Morgan fingerprint density at radius 1 is 1.00 bits per heavy atom. The third kappa shape index (κ3) is 20.1. The van der Waals surface area contributed by atoms with Crippen molar-refractivity contribution < 1.29 is 28.4 Å². The van der Waals surface area contributed by atoms with E-state index in [4.69, 9.17) is 19.0 Å². The second kappa shape index (κ2) is 14.0. The third-order valence-electron chi connectivity index (χ3n) is 1.97. The first-order valence-electron chi connectivity index (χ1n) is 6.73. The van der Waals surface area contributed by atoms with Crippen LogP contribution in [0.25, 0.3) is 0 Å². The fourth-order valence-corrected chi connectivity index (χ4v) is 1.69. The molecule has 0 aliphatic heterocycles. The molecule has 7 heteroatoms. The molecule has 0 aliphatic rings. The van der Waals surface area contributed by atoms with Gasteiger partial charge < -0.3 is 10.00 Å². The van der Waals surface area contributed by atoms with E-state index < -0.39 is 13.8 Å². The first kappa shape index (κ1) is 20.9. The smallest absolute Gasteiger partial charge is 0.472 e. The number of rotatable bonds is 10. The van der Waals surface area contributed by atoms with Crippen molar-refractivity contribution in [1.29, 1.82) is 0 Å². The lowest BCUT2D eigenvalue weighted by Crippen LogP contribution is -1.98. The molecule has 19 heavy (non-hydrogen) atoms. The van der Waals surface area contributed by atoms with Crippen molar-refractivity contribution in [3.63, 3.8) is 0 Å². The van der Waals surface area contributed by atoms with Gasteiger partial charge in [-0.1, -0.05) is 33.6 Å². The van der Waals surface area contributed by atoms with Crippen LogP contribution in [-0.2, 0) is 18.4 Å². The lowest BCUT2D eigenvalue weighted by Gasteiger charge is -2.10. The predicted octanol–water partition coefficient (Wildman–Crippen LogP) is 3.59. The van der Waals surface area contributed by atoms with Gasteiger partial charge in [0.2, 0.25) is 0 Å². The summed E-state index contributed by atoms with van der Waals surface area (Å²) >= 11 is 0. The standard InChI is InChI=1S/C8H19O4P.C4H8O2/c1-3-5-7-11-13(9,10)12-8-6-4-2;1-2-3-4(5)6/h3-8H2,1-2H3,(H,9,10);2-3H2,1H3,(H,5,6). The summed E-state index contributed by atoms with van der Waals surface area (Å²) in [5.41, 5.74) is 0. The molecule has 116 valence electrons. The number of aliphatic carboxylic acids is 1. The lowest BCUT2D eigenvalue weighted by atomic mass is 10.4. The minimum absolute atomic E-state index is 0.288. The Morgan fingerprint density at radius 3 is 1.63 bits per heavy atom. The molecule has 0 unspecified atom stereocenters. The summed E-state index contributed by atoms with van der Waals surface area (Å²) in [6.07, 6.45) is 4.46. The molecule has 0 aromatic carbocycles. The average Bonchev–Trinajstić information content (AvgIpc) is 2.30. The van der Waals surface area contributed by atoms with E-state index in [0.29, 0.717) is 6.42 Å². The fraction of sp³-hybridized carbons (Fsp3) is 0.917. The lowest BCUT2D eigenvalue weighted by molar-refractivity contribution is -0.137. The Labute approximate surface area is 115 Å². The molecule has 2 N–H and O–H groups in total. The van der Waals surface area contributed by atoms with Crippen LogP contribution >= 0.6 is 7.82 Å². The van der Waals surface area contributed by atoms with Crippen molar-refractivity contribution in [3.05, 3.63) is 0 Å². The normalized spacial score (nSPS) is 10.7. The van der Waals surface area contributed by atoms with E-state index in [1.165, 1.54) is 0 Å². The molecule has 0 spiro atoms. The van der Waals surface area contributed by atoms with Gasteiger partial charge in [-0.2, -0.15) is 0 Å². The Balaban J connectivity index is 0. The molecular weight excluding hydrogens is 271 g/mol. The number of carboxylic acid groups (broad SMARTS) is 1. The van der Waals surface area contributed by atoms with Crippen LogP contribution in [0.15, 0.2) is 0 Å². The Morgan fingerprint density at radius 2 is 1.42 bits per heavy atom. The number of phosphoric acid groups is 1. The first-order chi connectivity index (χ1) is 8.89. The molecule has 6 nitrogen and oxygen atoms in total. The van der Waals surface area contributed by atoms with Crippen LogP contribution in [0.4, 0.5) is 0 Å². The molecule has 0 saturated carbocycles. The van der Waals surface area contributed by atoms with Crippen molar-refractivity contribution in [3.8, 4) is 0 Å². The van der Waals surface area contributed by atoms with Crippen molar-refractivity contribution in [1.82, 2.24) is 0 Å². The van der Waals surface area contributed by atoms with Gasteiger partial charge in [-0.15, -0.1) is 0 Å². The number of phosphoric ester groups is 1. The summed E-state index contributed by atoms with van der Waals surface area (Å²) < 4.78 is 20.5. The molecule has 0 saturated heterocycles. The molecule has 0 atom stereocenters. The molecule has 0 aromatic rings. The number of hydrogen-bond donors (Lipinski definition) is 2. The minimum atomic E-state index is -3.75. The molecular formula is C12H27O6P. The zero-order chi connectivity index (χ0) is 15.1. The summed E-state index contributed by atoms with van der Waals surface area (Å²) in [6.45, 7) is 6.40. The monoisotopic (exact) mass is 298 g/mol. The van der Waals surface area contributed by atoms with Crippen LogP contribution in [0, 0.1) is 0 Å². The van der Waals surface area contributed by atoms with Crippen molar-refractivity contribution in [2.24, 2.45) is 0 Å². The number of carboxylic acids is 1. The Hall–Kier alpha value is -0.420. The van der Waals surface area contributed by atoms with Crippen LogP contribution in [0.3, 0.4) is 0 Å². The van der Waals surface area contributed by atoms with Gasteiger partial charge in [-0.05, 0) is 19.3 Å². The highest BCUT2D eigenvalue weighted by Crippen LogP contribution is 2.43. The van der Waals surface area contributed by atoms with E-state index >= 15 is 0 Å². The van der Waals surface area contributed by atoms with Gasteiger partial charge in [0, 0.05) is 6.42 Å². The van der Waals surface area contributed by atoms with E-state index in [0.717, 1.165) is 32.1 Å². The maximum Gasteiger partial charge on any atom is 0.472 e. The van der Waals surface area contributed by atoms with E-state index in [-0.39, 0.29) is 13.2 Å². The topological polar surface area (TPSA) is 93.1 Å². The number of carbonyl (C=O) groups is 1. The first-order valence-corrected chi connectivity index (χ1v) is 8.22. The quantitative estimate of drug-likeness (QED) is 0.473.